The Morgan fingerprint density at radius 3 is 2.54 bits per heavy atom. The molecule has 1 N–H and O–H groups in total. The van der Waals surface area contributed by atoms with Crippen molar-refractivity contribution in [2.45, 2.75) is 32.6 Å². The first-order valence-electron chi connectivity index (χ1n) is 9.33. The van der Waals surface area contributed by atoms with E-state index >= 15 is 0 Å². The Labute approximate surface area is 168 Å². The van der Waals surface area contributed by atoms with Gasteiger partial charge in [-0.15, -0.1) is 0 Å². The molecule has 2 aromatic carbocycles. The van der Waals surface area contributed by atoms with Gasteiger partial charge >= 0.3 is 0 Å². The van der Waals surface area contributed by atoms with Gasteiger partial charge in [0, 0.05) is 30.2 Å². The number of aromatic hydroxyl groups is 1. The molecule has 0 saturated carbocycles. The SMILES string of the molecule is C[C@H]1CN(Cc2c(O)ccc3c(=O)c(-c4ccccc4Cl)coc23)C[C@H](C)O1. The molecular formula is C22H22ClNO4. The molecule has 4 rings (SSSR count). The van der Waals surface area contributed by atoms with Crippen molar-refractivity contribution in [3.05, 3.63) is 63.5 Å². The molecule has 0 aliphatic carbocycles. The van der Waals surface area contributed by atoms with E-state index in [-0.39, 0.29) is 23.4 Å². The minimum absolute atomic E-state index is 0.111. The molecule has 1 aromatic heterocycles. The second-order valence-corrected chi connectivity index (χ2v) is 7.76. The highest BCUT2D eigenvalue weighted by atomic mass is 35.5. The van der Waals surface area contributed by atoms with Crippen LogP contribution < -0.4 is 5.43 Å². The van der Waals surface area contributed by atoms with Gasteiger partial charge in [-0.3, -0.25) is 9.69 Å². The summed E-state index contributed by atoms with van der Waals surface area (Å²) in [6.07, 6.45) is 1.65. The number of nitrogens with zero attached hydrogens (tertiary/aromatic N) is 1. The monoisotopic (exact) mass is 399 g/mol. The number of halogens is 1. The molecule has 0 radical (unpaired) electrons. The lowest BCUT2D eigenvalue weighted by atomic mass is 10.0. The van der Waals surface area contributed by atoms with Crippen LogP contribution in [0.15, 0.2) is 51.9 Å². The fraction of sp³-hybridized carbons (Fsp3) is 0.318. The van der Waals surface area contributed by atoms with E-state index in [1.807, 2.05) is 26.0 Å². The summed E-state index contributed by atoms with van der Waals surface area (Å²) in [5.74, 6) is 0.118. The molecule has 1 aliphatic heterocycles. The van der Waals surface area contributed by atoms with E-state index in [4.69, 9.17) is 20.8 Å². The molecular weight excluding hydrogens is 378 g/mol. The number of hydrogen-bond donors (Lipinski definition) is 1. The van der Waals surface area contributed by atoms with E-state index in [1.165, 1.54) is 6.26 Å². The van der Waals surface area contributed by atoms with Gasteiger partial charge in [0.15, 0.2) is 0 Å². The van der Waals surface area contributed by atoms with Gasteiger partial charge in [0.2, 0.25) is 5.43 Å². The Bertz CT molecular complexity index is 1070. The Morgan fingerprint density at radius 2 is 1.82 bits per heavy atom. The minimum Gasteiger partial charge on any atom is -0.507 e. The van der Waals surface area contributed by atoms with Crippen molar-refractivity contribution in [1.29, 1.82) is 0 Å². The number of benzene rings is 2. The Balaban J connectivity index is 1.78. The Hall–Kier alpha value is -2.34. The van der Waals surface area contributed by atoms with Gasteiger partial charge in [0.25, 0.3) is 0 Å². The molecule has 3 aromatic rings. The molecule has 5 nitrogen and oxygen atoms in total. The lowest BCUT2D eigenvalue weighted by Gasteiger charge is -2.35. The van der Waals surface area contributed by atoms with Gasteiger partial charge < -0.3 is 14.3 Å². The van der Waals surface area contributed by atoms with Gasteiger partial charge in [0.05, 0.1) is 28.7 Å². The van der Waals surface area contributed by atoms with E-state index < -0.39 is 0 Å². The quantitative estimate of drug-likeness (QED) is 0.706. The van der Waals surface area contributed by atoms with Crippen LogP contribution in [-0.2, 0) is 11.3 Å². The maximum atomic E-state index is 13.1. The number of phenols is 1. The van der Waals surface area contributed by atoms with Gasteiger partial charge in [-0.2, -0.15) is 0 Å². The van der Waals surface area contributed by atoms with Gasteiger partial charge in [-0.05, 0) is 32.0 Å². The number of phenolic OH excluding ortho intramolecular Hbond substituents is 1. The van der Waals surface area contributed by atoms with Crippen molar-refractivity contribution in [2.24, 2.45) is 0 Å². The third-order valence-electron chi connectivity index (χ3n) is 5.06. The first-order valence-corrected chi connectivity index (χ1v) is 9.71. The number of morpholine rings is 1. The van der Waals surface area contributed by atoms with Crippen LogP contribution in [0.3, 0.4) is 0 Å². The normalized spacial score (nSPS) is 20.5. The van der Waals surface area contributed by atoms with Crippen LogP contribution in [0.5, 0.6) is 5.75 Å². The topological polar surface area (TPSA) is 62.9 Å². The molecule has 1 fully saturated rings. The second kappa shape index (κ2) is 7.59. The van der Waals surface area contributed by atoms with Crippen molar-refractivity contribution in [3.8, 4) is 16.9 Å². The van der Waals surface area contributed by atoms with Crippen LogP contribution in [-0.4, -0.2) is 35.3 Å². The lowest BCUT2D eigenvalue weighted by molar-refractivity contribution is -0.0705. The van der Waals surface area contributed by atoms with Crippen molar-refractivity contribution in [2.75, 3.05) is 13.1 Å². The molecule has 0 spiro atoms. The van der Waals surface area contributed by atoms with Gasteiger partial charge in [-0.25, -0.2) is 0 Å². The third-order valence-corrected chi connectivity index (χ3v) is 5.39. The molecule has 28 heavy (non-hydrogen) atoms. The Morgan fingerprint density at radius 1 is 1.11 bits per heavy atom. The smallest absolute Gasteiger partial charge is 0.200 e. The second-order valence-electron chi connectivity index (χ2n) is 7.35. The van der Waals surface area contributed by atoms with Crippen molar-refractivity contribution in [3.63, 3.8) is 0 Å². The fourth-order valence-electron chi connectivity index (χ4n) is 3.90. The summed E-state index contributed by atoms with van der Waals surface area (Å²) < 4.78 is 11.6. The zero-order valence-corrected chi connectivity index (χ0v) is 16.6. The van der Waals surface area contributed by atoms with Crippen LogP contribution in [0.4, 0.5) is 0 Å². The molecule has 0 amide bonds. The first kappa shape index (κ1) is 19.0. The van der Waals surface area contributed by atoms with Crippen LogP contribution >= 0.6 is 11.6 Å². The lowest BCUT2D eigenvalue weighted by Crippen LogP contribution is -2.44. The van der Waals surface area contributed by atoms with Gasteiger partial charge in [0.1, 0.15) is 17.6 Å². The number of hydrogen-bond acceptors (Lipinski definition) is 5. The number of fused-ring (bicyclic) bond motifs is 1. The predicted molar refractivity (Wildman–Crippen MR) is 110 cm³/mol. The molecule has 146 valence electrons. The summed E-state index contributed by atoms with van der Waals surface area (Å²) in [6, 6.07) is 10.3. The third kappa shape index (κ3) is 3.53. The maximum absolute atomic E-state index is 13.1. The summed E-state index contributed by atoms with van der Waals surface area (Å²) in [6.45, 7) is 6.04. The van der Waals surface area contributed by atoms with Crippen molar-refractivity contribution >= 4 is 22.6 Å². The molecule has 0 unspecified atom stereocenters. The zero-order chi connectivity index (χ0) is 19.8. The highest BCUT2D eigenvalue weighted by molar-refractivity contribution is 6.33. The summed E-state index contributed by atoms with van der Waals surface area (Å²) in [5, 5.41) is 11.4. The zero-order valence-electron chi connectivity index (χ0n) is 15.8. The minimum atomic E-state index is -0.167. The molecule has 2 atom stereocenters. The van der Waals surface area contributed by atoms with Crippen molar-refractivity contribution < 1.29 is 14.3 Å². The van der Waals surface area contributed by atoms with E-state index in [9.17, 15) is 9.90 Å². The average Bonchev–Trinajstić information content (AvgIpc) is 2.64. The highest BCUT2D eigenvalue weighted by Crippen LogP contribution is 2.31. The summed E-state index contributed by atoms with van der Waals surface area (Å²) in [7, 11) is 0. The van der Waals surface area contributed by atoms with Crippen LogP contribution in [0.25, 0.3) is 22.1 Å². The largest absolute Gasteiger partial charge is 0.507 e. The Kier molecular flexibility index (Phi) is 5.15. The summed E-state index contributed by atoms with van der Waals surface area (Å²) in [4.78, 5) is 15.3. The van der Waals surface area contributed by atoms with E-state index in [2.05, 4.69) is 4.90 Å². The molecule has 2 heterocycles. The standard InChI is InChI=1S/C22H22ClNO4/c1-13-9-24(10-14(2)28-13)11-17-20(25)8-7-16-21(26)18(12-27-22(16)17)15-5-3-4-6-19(15)23/h3-8,12-14,25H,9-11H2,1-2H3/t13-,14-/m0/s1. The number of rotatable bonds is 3. The average molecular weight is 400 g/mol. The fourth-order valence-corrected chi connectivity index (χ4v) is 4.14. The van der Waals surface area contributed by atoms with Crippen LogP contribution in [0.1, 0.15) is 19.4 Å². The number of ether oxygens (including phenoxy) is 1. The molecule has 1 aliphatic rings. The van der Waals surface area contributed by atoms with E-state index in [1.54, 1.807) is 24.3 Å². The summed E-state index contributed by atoms with van der Waals surface area (Å²) in [5.41, 5.74) is 1.89. The van der Waals surface area contributed by atoms with E-state index in [0.717, 1.165) is 13.1 Å². The molecule has 1 saturated heterocycles. The molecule has 6 heteroatoms. The van der Waals surface area contributed by atoms with E-state index in [0.29, 0.717) is 39.2 Å². The first-order chi connectivity index (χ1) is 13.4. The summed E-state index contributed by atoms with van der Waals surface area (Å²) >= 11 is 6.26. The molecule has 0 bridgehead atoms. The predicted octanol–water partition coefficient (Wildman–Crippen LogP) is 4.43. The van der Waals surface area contributed by atoms with Crippen LogP contribution in [0, 0.1) is 0 Å². The van der Waals surface area contributed by atoms with Crippen LogP contribution in [0.2, 0.25) is 5.02 Å². The maximum Gasteiger partial charge on any atom is 0.200 e. The highest BCUT2D eigenvalue weighted by Gasteiger charge is 2.24. The van der Waals surface area contributed by atoms with Crippen molar-refractivity contribution in [1.82, 2.24) is 4.90 Å². The van der Waals surface area contributed by atoms with Gasteiger partial charge in [-0.1, -0.05) is 29.8 Å².